The third kappa shape index (κ3) is 6.71. The van der Waals surface area contributed by atoms with Crippen molar-refractivity contribution in [2.75, 3.05) is 4.90 Å². The van der Waals surface area contributed by atoms with Crippen LogP contribution in [0.2, 0.25) is 0 Å². The number of hydrogen-bond donors (Lipinski definition) is 0. The molecule has 0 bridgehead atoms. The molecule has 0 saturated carbocycles. The highest BCUT2D eigenvalue weighted by Crippen LogP contribution is 2.53. The van der Waals surface area contributed by atoms with E-state index in [1.165, 1.54) is 99.4 Å². The first-order valence-corrected chi connectivity index (χ1v) is 23.0. The summed E-state index contributed by atoms with van der Waals surface area (Å²) in [4.78, 5) is 2.47. The fourth-order valence-corrected chi connectivity index (χ4v) is 10.7. The van der Waals surface area contributed by atoms with Crippen LogP contribution in [0, 0.1) is 0 Å². The van der Waals surface area contributed by atoms with Gasteiger partial charge in [0.05, 0.1) is 5.69 Å². The monoisotopic (exact) mass is 841 g/mol. The Morgan fingerprint density at radius 1 is 0.288 bits per heavy atom. The van der Waals surface area contributed by atoms with E-state index < -0.39 is 0 Å². The Bertz CT molecular complexity index is 3590. The van der Waals surface area contributed by atoms with Gasteiger partial charge in [-0.3, -0.25) is 0 Å². The molecule has 0 unspecified atom stereocenters. The number of benzene rings is 11. The fraction of sp³-hybridized carbons (Fsp3) is 0.0462. The minimum atomic E-state index is -0.120. The molecule has 0 aliphatic heterocycles. The standard InChI is InChI=1S/C65H47N/c1-65(2)62-31-11-10-26-59(62)61-30-15-28-57(64(61)65)48-34-39-53(40-35-48)66(52-37-32-45(33-38-52)50-23-12-22-49(42-50)44-16-4-3-5-17-44)63-43-51(56-27-13-20-46-18-6-8-24-54(46)56)36-41-60(63)58-29-14-21-47-19-7-9-25-55(47)58/h3-43H,1-2H3. The highest BCUT2D eigenvalue weighted by Gasteiger charge is 2.37. The lowest BCUT2D eigenvalue weighted by Crippen LogP contribution is -2.16. The van der Waals surface area contributed by atoms with E-state index in [0.29, 0.717) is 0 Å². The summed E-state index contributed by atoms with van der Waals surface area (Å²) in [6.45, 7) is 4.74. The number of rotatable bonds is 8. The molecule has 0 radical (unpaired) electrons. The van der Waals surface area contributed by atoms with E-state index in [1.54, 1.807) is 0 Å². The van der Waals surface area contributed by atoms with E-state index >= 15 is 0 Å². The van der Waals surface area contributed by atoms with Crippen LogP contribution in [0.15, 0.2) is 249 Å². The highest BCUT2D eigenvalue weighted by molar-refractivity contribution is 6.04. The molecule has 11 aromatic carbocycles. The van der Waals surface area contributed by atoms with Crippen molar-refractivity contribution in [2.24, 2.45) is 0 Å². The van der Waals surface area contributed by atoms with E-state index in [9.17, 15) is 0 Å². The van der Waals surface area contributed by atoms with Gasteiger partial charge in [0.2, 0.25) is 0 Å². The maximum Gasteiger partial charge on any atom is 0.0546 e. The van der Waals surface area contributed by atoms with Crippen LogP contribution in [0.3, 0.4) is 0 Å². The topological polar surface area (TPSA) is 3.24 Å². The molecule has 0 atom stereocenters. The van der Waals surface area contributed by atoms with Gasteiger partial charge < -0.3 is 4.90 Å². The molecule has 0 N–H and O–H groups in total. The second-order valence-electron chi connectivity index (χ2n) is 18.1. The van der Waals surface area contributed by atoms with Crippen LogP contribution < -0.4 is 4.90 Å². The zero-order valence-corrected chi connectivity index (χ0v) is 37.1. The zero-order valence-electron chi connectivity index (χ0n) is 37.1. The van der Waals surface area contributed by atoms with E-state index in [0.717, 1.165) is 17.1 Å². The van der Waals surface area contributed by atoms with Crippen LogP contribution in [0.1, 0.15) is 25.0 Å². The van der Waals surface area contributed by atoms with Crippen molar-refractivity contribution in [2.45, 2.75) is 19.3 Å². The van der Waals surface area contributed by atoms with Crippen LogP contribution in [-0.2, 0) is 5.41 Å². The second kappa shape index (κ2) is 16.1. The number of nitrogens with zero attached hydrogens (tertiary/aromatic N) is 1. The number of anilines is 3. The van der Waals surface area contributed by atoms with Gasteiger partial charge in [0.15, 0.2) is 0 Å². The Morgan fingerprint density at radius 2 is 0.758 bits per heavy atom. The summed E-state index contributed by atoms with van der Waals surface area (Å²) < 4.78 is 0. The molecule has 1 aliphatic rings. The molecule has 0 heterocycles. The third-order valence-electron chi connectivity index (χ3n) is 13.9. The summed E-state index contributed by atoms with van der Waals surface area (Å²) in [6, 6.07) is 91.5. The van der Waals surface area contributed by atoms with Crippen LogP contribution in [-0.4, -0.2) is 0 Å². The lowest BCUT2D eigenvalue weighted by molar-refractivity contribution is 0.662. The molecule has 0 fully saturated rings. The Kier molecular flexibility index (Phi) is 9.58. The van der Waals surface area contributed by atoms with Crippen LogP contribution in [0.5, 0.6) is 0 Å². The van der Waals surface area contributed by atoms with Crippen molar-refractivity contribution < 1.29 is 0 Å². The van der Waals surface area contributed by atoms with Gasteiger partial charge in [-0.25, -0.2) is 0 Å². The van der Waals surface area contributed by atoms with Gasteiger partial charge in [0.1, 0.15) is 0 Å². The molecule has 0 spiro atoms. The normalized spacial score (nSPS) is 12.5. The second-order valence-corrected chi connectivity index (χ2v) is 18.1. The molecule has 12 rings (SSSR count). The van der Waals surface area contributed by atoms with Crippen LogP contribution >= 0.6 is 0 Å². The minimum absolute atomic E-state index is 0.120. The lowest BCUT2D eigenvalue weighted by Gasteiger charge is -2.29. The molecule has 312 valence electrons. The van der Waals surface area contributed by atoms with E-state index in [-0.39, 0.29) is 5.41 Å². The Labute approximate surface area is 387 Å². The Morgan fingerprint density at radius 3 is 1.47 bits per heavy atom. The molecule has 11 aromatic rings. The average Bonchev–Trinajstić information content (AvgIpc) is 3.62. The van der Waals surface area contributed by atoms with Gasteiger partial charge in [-0.2, -0.15) is 0 Å². The molecule has 1 heteroatoms. The highest BCUT2D eigenvalue weighted by atomic mass is 15.1. The van der Waals surface area contributed by atoms with E-state index in [1.807, 2.05) is 0 Å². The van der Waals surface area contributed by atoms with Gasteiger partial charge in [0.25, 0.3) is 0 Å². The summed E-state index contributed by atoms with van der Waals surface area (Å²) >= 11 is 0. The Balaban J connectivity index is 1.05. The average molecular weight is 842 g/mol. The largest absolute Gasteiger partial charge is 0.310 e. The Hall–Kier alpha value is -8.26. The van der Waals surface area contributed by atoms with Crippen molar-refractivity contribution in [3.8, 4) is 66.8 Å². The SMILES string of the molecule is CC1(C)c2ccccc2-c2cccc(-c3ccc(N(c4ccc(-c5cccc(-c6ccccc6)c5)cc4)c4cc(-c5cccc6ccccc56)ccc4-c4cccc5ccccc45)cc3)c21. The van der Waals surface area contributed by atoms with Crippen molar-refractivity contribution in [1.29, 1.82) is 0 Å². The summed E-state index contributed by atoms with van der Waals surface area (Å²) in [7, 11) is 0. The van der Waals surface area contributed by atoms with Crippen molar-refractivity contribution in [1.82, 2.24) is 0 Å². The minimum Gasteiger partial charge on any atom is -0.310 e. The first-order valence-electron chi connectivity index (χ1n) is 23.0. The van der Waals surface area contributed by atoms with Gasteiger partial charge in [-0.05, 0) is 130 Å². The van der Waals surface area contributed by atoms with Crippen molar-refractivity contribution in [3.05, 3.63) is 260 Å². The molecule has 0 saturated heterocycles. The van der Waals surface area contributed by atoms with Crippen LogP contribution in [0.25, 0.3) is 88.3 Å². The molecular formula is C65H47N. The third-order valence-corrected chi connectivity index (χ3v) is 13.9. The summed E-state index contributed by atoms with van der Waals surface area (Å²) in [6.07, 6.45) is 0. The lowest BCUT2D eigenvalue weighted by atomic mass is 9.79. The van der Waals surface area contributed by atoms with Gasteiger partial charge in [0, 0.05) is 22.4 Å². The summed E-state index contributed by atoms with van der Waals surface area (Å²) in [5, 5.41) is 4.91. The van der Waals surface area contributed by atoms with Gasteiger partial charge in [-0.1, -0.05) is 226 Å². The first-order chi connectivity index (χ1) is 32.5. The van der Waals surface area contributed by atoms with E-state index in [2.05, 4.69) is 267 Å². The number of hydrogen-bond acceptors (Lipinski definition) is 1. The predicted octanol–water partition coefficient (Wildman–Crippen LogP) is 18.1. The summed E-state index contributed by atoms with van der Waals surface area (Å²) in [5.74, 6) is 0. The van der Waals surface area contributed by atoms with Crippen LogP contribution in [0.4, 0.5) is 17.1 Å². The van der Waals surface area contributed by atoms with Gasteiger partial charge >= 0.3 is 0 Å². The first kappa shape index (κ1) is 39.3. The fourth-order valence-electron chi connectivity index (χ4n) is 10.7. The van der Waals surface area contributed by atoms with Crippen molar-refractivity contribution in [3.63, 3.8) is 0 Å². The molecule has 66 heavy (non-hydrogen) atoms. The molecule has 1 aliphatic carbocycles. The molecule has 1 nitrogen and oxygen atoms in total. The quantitative estimate of drug-likeness (QED) is 0.147. The zero-order chi connectivity index (χ0) is 44.2. The molecule has 0 aromatic heterocycles. The van der Waals surface area contributed by atoms with Crippen molar-refractivity contribution >= 4 is 38.6 Å². The smallest absolute Gasteiger partial charge is 0.0546 e. The summed E-state index contributed by atoms with van der Waals surface area (Å²) in [5.41, 5.74) is 20.6. The predicted molar refractivity (Wildman–Crippen MR) is 281 cm³/mol. The molecule has 0 amide bonds. The number of fused-ring (bicyclic) bond motifs is 5. The van der Waals surface area contributed by atoms with E-state index in [4.69, 9.17) is 0 Å². The molecular weight excluding hydrogens is 795 g/mol. The maximum atomic E-state index is 2.47. The van der Waals surface area contributed by atoms with Gasteiger partial charge in [-0.15, -0.1) is 0 Å². The maximum absolute atomic E-state index is 2.47.